The first-order chi connectivity index (χ1) is 17.0. The Kier molecular flexibility index (Phi) is 5.73. The Hall–Kier alpha value is -4.54. The Balaban J connectivity index is 1.63. The molecule has 0 saturated carbocycles. The Bertz CT molecular complexity index is 1500. The fraction of sp³-hybridized carbons (Fsp3) is 0.0741. The largest absolute Gasteiger partial charge is 0.423 e. The van der Waals surface area contributed by atoms with Crippen molar-refractivity contribution in [2.45, 2.75) is 12.8 Å². The summed E-state index contributed by atoms with van der Waals surface area (Å²) >= 11 is 5.94. The van der Waals surface area contributed by atoms with Gasteiger partial charge in [0, 0.05) is 16.1 Å². The van der Waals surface area contributed by atoms with Crippen LogP contribution in [0.2, 0.25) is 5.02 Å². The third kappa shape index (κ3) is 4.12. The molecule has 5 rings (SSSR count). The molecule has 0 radical (unpaired) electrons. The fourth-order valence-corrected chi connectivity index (χ4v) is 4.18. The van der Waals surface area contributed by atoms with Crippen LogP contribution in [0.5, 0.6) is 11.6 Å². The number of allylic oxidation sites excluding steroid dienone is 1. The summed E-state index contributed by atoms with van der Waals surface area (Å²) in [4.78, 5) is 12.9. The topological polar surface area (TPSA) is 114 Å². The number of nitrogens with one attached hydrogen (secondary N) is 1. The van der Waals surface area contributed by atoms with Gasteiger partial charge in [-0.05, 0) is 37.3 Å². The molecule has 35 heavy (non-hydrogen) atoms. The minimum Gasteiger partial charge on any atom is -0.423 e. The average molecular weight is 483 g/mol. The number of carbonyl (C=O) groups excluding carboxylic acids is 1. The number of aromatic nitrogens is 2. The lowest BCUT2D eigenvalue weighted by Gasteiger charge is -2.25. The van der Waals surface area contributed by atoms with E-state index < -0.39 is 11.9 Å². The van der Waals surface area contributed by atoms with Crippen molar-refractivity contribution >= 4 is 17.6 Å². The van der Waals surface area contributed by atoms with Gasteiger partial charge in [-0.3, -0.25) is 5.10 Å². The second kappa shape index (κ2) is 9.01. The molecule has 0 saturated heterocycles. The molecule has 4 aromatic rings. The summed E-state index contributed by atoms with van der Waals surface area (Å²) in [5.41, 5.74) is 10.5. The van der Waals surface area contributed by atoms with Gasteiger partial charge in [0.2, 0.25) is 11.8 Å². The van der Waals surface area contributed by atoms with Gasteiger partial charge in [-0.2, -0.15) is 5.26 Å². The van der Waals surface area contributed by atoms with E-state index in [1.807, 2.05) is 31.2 Å². The van der Waals surface area contributed by atoms with Crippen molar-refractivity contribution in [3.63, 3.8) is 0 Å². The second-order valence-corrected chi connectivity index (χ2v) is 8.48. The molecule has 0 fully saturated rings. The standard InChI is InChI=1S/C27H19ClN4O3/c1-15-6-8-16(9-7-15)24-23-22(20(14-29)25(30)35-26(23)32-31-24)19-4-2-3-5-21(19)34-27(33)17-10-12-18(28)13-11-17/h2-13,22H,30H2,1H3,(H,31,32)/t22-/m1/s1. The summed E-state index contributed by atoms with van der Waals surface area (Å²) in [5.74, 6) is -0.718. The third-order valence-corrected chi connectivity index (χ3v) is 6.04. The van der Waals surface area contributed by atoms with Crippen LogP contribution in [0.4, 0.5) is 0 Å². The first kappa shape index (κ1) is 22.3. The van der Waals surface area contributed by atoms with E-state index in [2.05, 4.69) is 16.3 Å². The number of carbonyl (C=O) groups is 1. The lowest BCUT2D eigenvalue weighted by atomic mass is 9.82. The van der Waals surface area contributed by atoms with Crippen molar-refractivity contribution in [1.29, 1.82) is 5.26 Å². The van der Waals surface area contributed by atoms with Gasteiger partial charge < -0.3 is 15.2 Å². The van der Waals surface area contributed by atoms with Gasteiger partial charge in [0.05, 0.1) is 22.7 Å². The number of aryl methyl sites for hydroxylation is 1. The predicted octanol–water partition coefficient (Wildman–Crippen LogP) is 5.48. The van der Waals surface area contributed by atoms with E-state index in [9.17, 15) is 10.1 Å². The molecule has 1 aliphatic heterocycles. The maximum atomic E-state index is 12.9. The number of para-hydroxylation sites is 1. The van der Waals surface area contributed by atoms with E-state index in [4.69, 9.17) is 26.8 Å². The zero-order chi connectivity index (χ0) is 24.5. The number of esters is 1. The van der Waals surface area contributed by atoms with Crippen LogP contribution in [0, 0.1) is 18.3 Å². The van der Waals surface area contributed by atoms with E-state index in [0.29, 0.717) is 33.2 Å². The van der Waals surface area contributed by atoms with E-state index >= 15 is 0 Å². The lowest BCUT2D eigenvalue weighted by Crippen LogP contribution is -2.22. The van der Waals surface area contributed by atoms with Crippen LogP contribution < -0.4 is 15.2 Å². The minimum atomic E-state index is -0.673. The molecule has 1 aromatic heterocycles. The number of H-pyrrole nitrogens is 1. The number of ether oxygens (including phenoxy) is 2. The minimum absolute atomic E-state index is 0.0502. The Labute approximate surface area is 206 Å². The zero-order valence-corrected chi connectivity index (χ0v) is 19.3. The molecule has 3 N–H and O–H groups in total. The third-order valence-electron chi connectivity index (χ3n) is 5.79. The van der Waals surface area contributed by atoms with Gasteiger partial charge in [-0.1, -0.05) is 59.6 Å². The molecule has 0 bridgehead atoms. The smallest absolute Gasteiger partial charge is 0.343 e. The Morgan fingerprint density at radius 1 is 1.11 bits per heavy atom. The number of benzene rings is 3. The first-order valence-electron chi connectivity index (χ1n) is 10.8. The number of fused-ring (bicyclic) bond motifs is 1. The van der Waals surface area contributed by atoms with Crippen molar-refractivity contribution < 1.29 is 14.3 Å². The normalized spacial score (nSPS) is 14.6. The van der Waals surface area contributed by atoms with Crippen LogP contribution in [0.1, 0.15) is 33.0 Å². The number of rotatable bonds is 4. The van der Waals surface area contributed by atoms with Crippen LogP contribution in [0.25, 0.3) is 11.3 Å². The van der Waals surface area contributed by atoms with Crippen molar-refractivity contribution in [1.82, 2.24) is 10.2 Å². The molecule has 172 valence electrons. The van der Waals surface area contributed by atoms with Crippen LogP contribution in [0.3, 0.4) is 0 Å². The highest BCUT2D eigenvalue weighted by Gasteiger charge is 2.37. The molecule has 0 unspecified atom stereocenters. The van der Waals surface area contributed by atoms with Crippen molar-refractivity contribution in [3.05, 3.63) is 112 Å². The molecule has 1 atom stereocenters. The monoisotopic (exact) mass is 482 g/mol. The molecule has 2 heterocycles. The number of halogens is 1. The van der Waals surface area contributed by atoms with Gasteiger partial charge in [0.1, 0.15) is 17.4 Å². The number of nitrogens with zero attached hydrogens (tertiary/aromatic N) is 2. The maximum absolute atomic E-state index is 12.9. The predicted molar refractivity (Wildman–Crippen MR) is 131 cm³/mol. The summed E-state index contributed by atoms with van der Waals surface area (Å²) in [6.07, 6.45) is 0. The summed E-state index contributed by atoms with van der Waals surface area (Å²) < 4.78 is 11.5. The molecular formula is C27H19ClN4O3. The molecule has 0 spiro atoms. The van der Waals surface area contributed by atoms with Gasteiger partial charge in [0.25, 0.3) is 0 Å². The molecular weight excluding hydrogens is 464 g/mol. The van der Waals surface area contributed by atoms with E-state index in [-0.39, 0.29) is 17.3 Å². The number of nitrogens with two attached hydrogens (primary N) is 1. The molecule has 0 amide bonds. The summed E-state index contributed by atoms with van der Waals surface area (Å²) in [6, 6.07) is 23.5. The highest BCUT2D eigenvalue weighted by molar-refractivity contribution is 6.30. The summed E-state index contributed by atoms with van der Waals surface area (Å²) in [5, 5.41) is 17.9. The van der Waals surface area contributed by atoms with Gasteiger partial charge in [-0.15, -0.1) is 5.10 Å². The van der Waals surface area contributed by atoms with Gasteiger partial charge in [0.15, 0.2) is 0 Å². The maximum Gasteiger partial charge on any atom is 0.343 e. The highest BCUT2D eigenvalue weighted by Crippen LogP contribution is 2.47. The quantitative estimate of drug-likeness (QED) is 0.294. The molecule has 7 nitrogen and oxygen atoms in total. The van der Waals surface area contributed by atoms with Gasteiger partial charge in [-0.25, -0.2) is 4.79 Å². The van der Waals surface area contributed by atoms with Crippen molar-refractivity contribution in [3.8, 4) is 29.0 Å². The average Bonchev–Trinajstić information content (AvgIpc) is 3.27. The second-order valence-electron chi connectivity index (χ2n) is 8.04. The summed E-state index contributed by atoms with van der Waals surface area (Å²) in [7, 11) is 0. The number of hydrogen-bond acceptors (Lipinski definition) is 6. The fourth-order valence-electron chi connectivity index (χ4n) is 4.05. The Morgan fingerprint density at radius 2 is 1.83 bits per heavy atom. The first-order valence-corrected chi connectivity index (χ1v) is 11.1. The van der Waals surface area contributed by atoms with Gasteiger partial charge >= 0.3 is 5.97 Å². The van der Waals surface area contributed by atoms with Crippen molar-refractivity contribution in [2.75, 3.05) is 0 Å². The number of hydrogen-bond donors (Lipinski definition) is 2. The molecule has 3 aromatic carbocycles. The van der Waals surface area contributed by atoms with Crippen molar-refractivity contribution in [2.24, 2.45) is 5.73 Å². The van der Waals surface area contributed by atoms with E-state index in [1.165, 1.54) is 0 Å². The molecule has 0 aliphatic carbocycles. The van der Waals surface area contributed by atoms with Crippen LogP contribution in [0.15, 0.2) is 84.3 Å². The zero-order valence-electron chi connectivity index (χ0n) is 18.6. The van der Waals surface area contributed by atoms with E-state index in [1.54, 1.807) is 48.5 Å². The molecule has 8 heteroatoms. The van der Waals surface area contributed by atoms with E-state index in [0.717, 1.165) is 11.1 Å². The number of nitriles is 1. The molecule has 1 aliphatic rings. The Morgan fingerprint density at radius 3 is 2.54 bits per heavy atom. The lowest BCUT2D eigenvalue weighted by molar-refractivity contribution is 0.0733. The SMILES string of the molecule is Cc1ccc(-c2[nH]nc3c2[C@H](c2ccccc2OC(=O)c2ccc(Cl)cc2)C(C#N)=C(N)O3)cc1. The summed E-state index contributed by atoms with van der Waals surface area (Å²) in [6.45, 7) is 2.00. The number of aromatic amines is 1. The van der Waals surface area contributed by atoms with Crippen LogP contribution in [-0.2, 0) is 0 Å². The highest BCUT2D eigenvalue weighted by atomic mass is 35.5. The van der Waals surface area contributed by atoms with Crippen LogP contribution >= 0.6 is 11.6 Å². The van der Waals surface area contributed by atoms with Crippen LogP contribution in [-0.4, -0.2) is 16.2 Å².